The van der Waals surface area contributed by atoms with Crippen molar-refractivity contribution in [3.63, 3.8) is 0 Å². The van der Waals surface area contributed by atoms with Gasteiger partial charge in [0.25, 0.3) is 5.88 Å². The molecule has 2 aliphatic heterocycles. The van der Waals surface area contributed by atoms with Crippen molar-refractivity contribution in [3.8, 4) is 11.6 Å². The highest BCUT2D eigenvalue weighted by Gasteiger charge is 2.38. The summed E-state index contributed by atoms with van der Waals surface area (Å²) in [5.74, 6) is -1.31. The number of ether oxygens (including phenoxy) is 1. The molecule has 3 heterocycles. The van der Waals surface area contributed by atoms with Crippen molar-refractivity contribution in [1.82, 2.24) is 15.2 Å². The summed E-state index contributed by atoms with van der Waals surface area (Å²) >= 11 is 5.81. The Bertz CT molecular complexity index is 1110. The summed E-state index contributed by atoms with van der Waals surface area (Å²) in [5.41, 5.74) is 14.3. The Morgan fingerprint density at radius 2 is 2.22 bits per heavy atom. The SMILES string of the molecule is Cc1c(CCl)cnc(OC2CC3CNC(N)=C(/C=C(\N)c4cccc(F)c4O)N3C2)c1F. The molecule has 10 heteroatoms. The maximum atomic E-state index is 14.7. The second-order valence-corrected chi connectivity index (χ2v) is 8.13. The van der Waals surface area contributed by atoms with Gasteiger partial charge in [-0.05, 0) is 36.3 Å². The lowest BCUT2D eigenvalue weighted by Crippen LogP contribution is -2.45. The second kappa shape index (κ2) is 8.74. The van der Waals surface area contributed by atoms with E-state index in [4.69, 9.17) is 27.8 Å². The zero-order valence-electron chi connectivity index (χ0n) is 17.4. The lowest BCUT2D eigenvalue weighted by molar-refractivity contribution is 0.191. The number of phenols is 1. The number of halogens is 3. The van der Waals surface area contributed by atoms with Crippen molar-refractivity contribution in [2.24, 2.45) is 11.5 Å². The molecule has 170 valence electrons. The van der Waals surface area contributed by atoms with E-state index in [0.717, 1.165) is 6.07 Å². The lowest BCUT2D eigenvalue weighted by atomic mass is 10.1. The van der Waals surface area contributed by atoms with Crippen LogP contribution in [0.1, 0.15) is 23.1 Å². The number of phenolic OH excluding ortho intramolecular Hbond substituents is 1. The molecule has 2 aliphatic rings. The largest absolute Gasteiger partial charge is 0.504 e. The number of para-hydroxylation sites is 1. The first kappa shape index (κ1) is 22.0. The molecule has 1 aromatic heterocycles. The summed E-state index contributed by atoms with van der Waals surface area (Å²) in [6.45, 7) is 2.65. The highest BCUT2D eigenvalue weighted by molar-refractivity contribution is 6.17. The Morgan fingerprint density at radius 1 is 1.44 bits per heavy atom. The average Bonchev–Trinajstić information content (AvgIpc) is 3.18. The Balaban J connectivity index is 1.56. The van der Waals surface area contributed by atoms with Crippen LogP contribution in [0.15, 0.2) is 42.0 Å². The van der Waals surface area contributed by atoms with E-state index < -0.39 is 17.4 Å². The molecule has 1 saturated heterocycles. The third-order valence-corrected chi connectivity index (χ3v) is 6.13. The lowest BCUT2D eigenvalue weighted by Gasteiger charge is -2.34. The minimum atomic E-state index is -0.764. The Hall–Kier alpha value is -3.20. The van der Waals surface area contributed by atoms with Crippen molar-refractivity contribution in [3.05, 3.63) is 70.3 Å². The number of hydrogen-bond donors (Lipinski definition) is 4. The van der Waals surface area contributed by atoms with Gasteiger partial charge in [-0.25, -0.2) is 13.8 Å². The van der Waals surface area contributed by atoms with Gasteiger partial charge in [0.15, 0.2) is 17.4 Å². The van der Waals surface area contributed by atoms with E-state index in [9.17, 15) is 13.9 Å². The second-order valence-electron chi connectivity index (χ2n) is 7.86. The Kier molecular flexibility index (Phi) is 6.01. The van der Waals surface area contributed by atoms with Gasteiger partial charge in [-0.1, -0.05) is 6.07 Å². The van der Waals surface area contributed by atoms with Gasteiger partial charge >= 0.3 is 0 Å². The highest BCUT2D eigenvalue weighted by atomic mass is 35.5. The van der Waals surface area contributed by atoms with E-state index in [2.05, 4.69) is 10.3 Å². The molecule has 6 N–H and O–H groups in total. The number of hydrogen-bond acceptors (Lipinski definition) is 7. The van der Waals surface area contributed by atoms with Crippen molar-refractivity contribution < 1.29 is 18.6 Å². The van der Waals surface area contributed by atoms with Crippen LogP contribution in [0, 0.1) is 18.6 Å². The molecular weight excluding hydrogens is 440 g/mol. The van der Waals surface area contributed by atoms with Crippen LogP contribution in [0.5, 0.6) is 11.6 Å². The third-order valence-electron chi connectivity index (χ3n) is 5.84. The molecule has 0 bridgehead atoms. The average molecular weight is 464 g/mol. The number of alkyl halides is 1. The molecule has 1 fully saturated rings. The molecular formula is C22H24ClF2N5O2. The maximum Gasteiger partial charge on any atom is 0.251 e. The quantitative estimate of drug-likeness (QED) is 0.505. The van der Waals surface area contributed by atoms with E-state index in [-0.39, 0.29) is 35.2 Å². The first-order valence-corrected chi connectivity index (χ1v) is 10.7. The van der Waals surface area contributed by atoms with Crippen LogP contribution in [0.4, 0.5) is 8.78 Å². The monoisotopic (exact) mass is 463 g/mol. The van der Waals surface area contributed by atoms with Crippen LogP contribution in [-0.4, -0.2) is 40.2 Å². The fourth-order valence-electron chi connectivity index (χ4n) is 4.02. The minimum absolute atomic E-state index is 0.0266. The van der Waals surface area contributed by atoms with Crippen molar-refractivity contribution in [1.29, 1.82) is 0 Å². The highest BCUT2D eigenvalue weighted by Crippen LogP contribution is 2.32. The van der Waals surface area contributed by atoms with Gasteiger partial charge in [-0.15, -0.1) is 11.6 Å². The first-order chi connectivity index (χ1) is 15.3. The summed E-state index contributed by atoms with van der Waals surface area (Å²) in [6, 6.07) is 4.16. The van der Waals surface area contributed by atoms with Crippen molar-refractivity contribution in [2.45, 2.75) is 31.4 Å². The van der Waals surface area contributed by atoms with E-state index in [0.29, 0.717) is 42.2 Å². The minimum Gasteiger partial charge on any atom is -0.504 e. The van der Waals surface area contributed by atoms with Gasteiger partial charge in [0.2, 0.25) is 0 Å². The molecule has 4 rings (SSSR count). The molecule has 0 radical (unpaired) electrons. The number of aromatic nitrogens is 1. The zero-order valence-corrected chi connectivity index (χ0v) is 18.2. The predicted molar refractivity (Wildman–Crippen MR) is 117 cm³/mol. The number of benzene rings is 1. The van der Waals surface area contributed by atoms with Crippen LogP contribution in [-0.2, 0) is 5.88 Å². The fraction of sp³-hybridized carbons (Fsp3) is 0.318. The number of fused-ring (bicyclic) bond motifs is 1. The fourth-order valence-corrected chi connectivity index (χ4v) is 4.29. The summed E-state index contributed by atoms with van der Waals surface area (Å²) < 4.78 is 34.3. The zero-order chi connectivity index (χ0) is 23.0. The first-order valence-electron chi connectivity index (χ1n) is 10.1. The molecule has 2 aromatic rings. The molecule has 32 heavy (non-hydrogen) atoms. The topological polar surface area (TPSA) is 110 Å². The Labute approximate surface area is 189 Å². The van der Waals surface area contributed by atoms with Gasteiger partial charge in [-0.2, -0.15) is 0 Å². The van der Waals surface area contributed by atoms with Crippen molar-refractivity contribution in [2.75, 3.05) is 13.1 Å². The number of rotatable bonds is 5. The summed E-state index contributed by atoms with van der Waals surface area (Å²) in [5, 5.41) is 13.1. The number of nitrogens with two attached hydrogens (primary N) is 2. The molecule has 7 nitrogen and oxygen atoms in total. The summed E-state index contributed by atoms with van der Waals surface area (Å²) in [4.78, 5) is 6.09. The van der Waals surface area contributed by atoms with Gasteiger partial charge in [-0.3, -0.25) is 0 Å². The number of pyridine rings is 1. The summed E-state index contributed by atoms with van der Waals surface area (Å²) in [7, 11) is 0. The number of nitrogens with zero attached hydrogens (tertiary/aromatic N) is 2. The van der Waals surface area contributed by atoms with Gasteiger partial charge < -0.3 is 31.5 Å². The molecule has 2 unspecified atom stereocenters. The van der Waals surface area contributed by atoms with Crippen LogP contribution in [0.2, 0.25) is 0 Å². The van der Waals surface area contributed by atoms with E-state index in [1.807, 2.05) is 4.90 Å². The molecule has 0 aliphatic carbocycles. The third kappa shape index (κ3) is 4.00. The smallest absolute Gasteiger partial charge is 0.251 e. The molecule has 0 saturated carbocycles. The van der Waals surface area contributed by atoms with E-state index in [1.54, 1.807) is 13.0 Å². The van der Waals surface area contributed by atoms with Crippen LogP contribution < -0.4 is 21.5 Å². The van der Waals surface area contributed by atoms with Crippen LogP contribution in [0.3, 0.4) is 0 Å². The number of nitrogens with one attached hydrogen (secondary N) is 1. The standard InChI is InChI=1S/C22H24ClF2N5O2/c1-11-12(7-23)8-29-22(19(11)25)32-14-5-13-9-28-21(27)18(30(13)10-14)6-17(26)15-3-2-4-16(24)20(15)31/h2-4,6,8,13-14,28,31H,5,7,9-10,26-27H2,1H3/b17-6-. The van der Waals surface area contributed by atoms with E-state index in [1.165, 1.54) is 18.3 Å². The Morgan fingerprint density at radius 3 is 2.97 bits per heavy atom. The van der Waals surface area contributed by atoms with Crippen LogP contribution in [0.25, 0.3) is 5.70 Å². The number of allylic oxidation sites excluding steroid dienone is 1. The normalized spacial score (nSPS) is 20.9. The molecule has 2 atom stereocenters. The van der Waals surface area contributed by atoms with Gasteiger partial charge in [0.05, 0.1) is 18.3 Å². The molecule has 1 aromatic carbocycles. The predicted octanol–water partition coefficient (Wildman–Crippen LogP) is 2.67. The van der Waals surface area contributed by atoms with Crippen LogP contribution >= 0.6 is 11.6 Å². The van der Waals surface area contributed by atoms with E-state index >= 15 is 0 Å². The molecule has 0 spiro atoms. The summed E-state index contributed by atoms with van der Waals surface area (Å²) in [6.07, 6.45) is 3.38. The van der Waals surface area contributed by atoms with Gasteiger partial charge in [0, 0.05) is 36.3 Å². The molecule has 0 amide bonds. The van der Waals surface area contributed by atoms with Gasteiger partial charge in [0.1, 0.15) is 11.9 Å². The maximum absolute atomic E-state index is 14.7. The number of aromatic hydroxyl groups is 1. The van der Waals surface area contributed by atoms with Crippen molar-refractivity contribution >= 4 is 17.3 Å².